The summed E-state index contributed by atoms with van der Waals surface area (Å²) < 4.78 is 39.0. The minimum Gasteiger partial charge on any atom is -0.418 e. The molecule has 4 nitrogen and oxygen atoms in total. The van der Waals surface area contributed by atoms with Crippen molar-refractivity contribution in [2.24, 2.45) is 0 Å². The van der Waals surface area contributed by atoms with Crippen LogP contribution >= 0.6 is 0 Å². The van der Waals surface area contributed by atoms with Gasteiger partial charge in [-0.15, -0.1) is 0 Å². The summed E-state index contributed by atoms with van der Waals surface area (Å²) in [6.07, 6.45) is 0. The van der Waals surface area contributed by atoms with E-state index >= 15 is 0 Å². The molecule has 110 valence electrons. The Morgan fingerprint density at radius 2 is 1.65 bits per heavy atom. The fourth-order valence-corrected chi connectivity index (χ4v) is 1.42. The zero-order chi connectivity index (χ0) is 15.8. The number of hydrogen-bond acceptors (Lipinski definition) is 2. The van der Waals surface area contributed by atoms with Crippen LogP contribution in [0.4, 0.5) is 23.0 Å². The van der Waals surface area contributed by atoms with Crippen molar-refractivity contribution in [3.63, 3.8) is 0 Å². The van der Waals surface area contributed by atoms with Crippen LogP contribution in [0.1, 0.15) is 24.2 Å². The molecule has 0 heterocycles. The Morgan fingerprint density at radius 1 is 1.20 bits per heavy atom. The van der Waals surface area contributed by atoms with E-state index in [2.05, 4.69) is 4.98 Å². The zero-order valence-corrected chi connectivity index (χ0v) is 11.1. The lowest BCUT2D eigenvalue weighted by molar-refractivity contribution is 0.0774. The van der Waals surface area contributed by atoms with Crippen molar-refractivity contribution in [2.45, 2.75) is 13.8 Å². The Balaban J connectivity index is 0.000000621. The topological polar surface area (TPSA) is 48.5 Å². The Kier molecular flexibility index (Phi) is 7.29. The number of rotatable bonds is 3. The minimum absolute atomic E-state index is 0.103. The van der Waals surface area contributed by atoms with Crippen molar-refractivity contribution in [2.75, 3.05) is 13.1 Å². The molecule has 0 aliphatic rings. The van der Waals surface area contributed by atoms with E-state index in [1.807, 2.05) is 13.8 Å². The second-order valence-corrected chi connectivity index (χ2v) is 3.59. The first-order valence-electron chi connectivity index (χ1n) is 5.85. The van der Waals surface area contributed by atoms with Crippen LogP contribution in [-0.2, 0) is 0 Å². The van der Waals surface area contributed by atoms with Gasteiger partial charge in [0, 0.05) is 19.2 Å². The van der Waals surface area contributed by atoms with Crippen molar-refractivity contribution in [3.8, 4) is 0 Å². The minimum atomic E-state index is -6.00. The molecule has 0 N–H and O–H groups in total. The van der Waals surface area contributed by atoms with Crippen LogP contribution in [0.5, 0.6) is 0 Å². The lowest BCUT2D eigenvalue weighted by Gasteiger charge is -2.17. The molecule has 0 saturated heterocycles. The Morgan fingerprint density at radius 3 is 2.05 bits per heavy atom. The fraction of sp³-hybridized carbons (Fsp3) is 0.364. The van der Waals surface area contributed by atoms with E-state index in [0.29, 0.717) is 24.3 Å². The average molecular weight is 291 g/mol. The molecule has 1 aromatic rings. The van der Waals surface area contributed by atoms with Crippen LogP contribution in [0.2, 0.25) is 0 Å². The highest BCUT2D eigenvalue weighted by atomic mass is 19.5. The van der Waals surface area contributed by atoms with Crippen LogP contribution < -0.4 is 0 Å². The lowest BCUT2D eigenvalue weighted by Crippen LogP contribution is -2.30. The van der Waals surface area contributed by atoms with E-state index in [1.54, 1.807) is 29.2 Å². The third-order valence-electron chi connectivity index (χ3n) is 2.29. The van der Waals surface area contributed by atoms with Gasteiger partial charge in [-0.2, -0.15) is 0 Å². The Labute approximate surface area is 114 Å². The molecule has 0 unspecified atom stereocenters. The number of halogens is 4. The molecule has 1 amide bonds. The van der Waals surface area contributed by atoms with E-state index < -0.39 is 7.25 Å². The van der Waals surface area contributed by atoms with Crippen molar-refractivity contribution >= 4 is 18.8 Å². The maximum absolute atomic E-state index is 11.9. The summed E-state index contributed by atoms with van der Waals surface area (Å²) in [5.41, 5.74) is 0.748. The molecule has 9 heteroatoms. The van der Waals surface area contributed by atoms with Gasteiger partial charge in [-0.1, -0.05) is 12.1 Å². The summed E-state index contributed by atoms with van der Waals surface area (Å²) >= 11 is 0. The first-order chi connectivity index (χ1) is 9.24. The maximum atomic E-state index is 11.9. The van der Waals surface area contributed by atoms with Crippen LogP contribution in [0.3, 0.4) is 0 Å². The third-order valence-corrected chi connectivity index (χ3v) is 2.29. The highest BCUT2D eigenvalue weighted by Gasteiger charge is 2.22. The van der Waals surface area contributed by atoms with E-state index in [0.717, 1.165) is 0 Å². The normalized spacial score (nSPS) is 10.1. The van der Waals surface area contributed by atoms with Gasteiger partial charge in [-0.05, 0) is 19.9 Å². The van der Waals surface area contributed by atoms with Crippen LogP contribution in [-0.4, -0.2) is 31.2 Å². The van der Waals surface area contributed by atoms with Crippen LogP contribution in [0.15, 0.2) is 24.3 Å². The molecule has 0 saturated carbocycles. The number of nitrogens with zero attached hydrogens (tertiary/aromatic N) is 3. The smallest absolute Gasteiger partial charge is 0.418 e. The van der Waals surface area contributed by atoms with Gasteiger partial charge >= 0.3 is 12.9 Å². The number of carbonyl (C=O) groups is 1. The molecule has 0 radical (unpaired) electrons. The lowest BCUT2D eigenvalue weighted by atomic mass is 10.1. The summed E-state index contributed by atoms with van der Waals surface area (Å²) in [5.74, 6) is -0.103. The summed E-state index contributed by atoms with van der Waals surface area (Å²) in [4.78, 5) is 16.7. The van der Waals surface area contributed by atoms with Gasteiger partial charge in [-0.3, -0.25) is 4.79 Å². The summed E-state index contributed by atoms with van der Waals surface area (Å²) in [6, 6.07) is 6.76. The Hall–Kier alpha value is -2.11. The standard InChI is InChI=1S/C11H14N3O.BF4/c1-3-14(4-2)11(15)9-7-5-6-8-10(9)13-12;2-1(3,4)5/h5-8H,3-4H2,1-2H3;/q+1;-1. The highest BCUT2D eigenvalue weighted by molar-refractivity contribution is 6.50. The van der Waals surface area contributed by atoms with Gasteiger partial charge in [-0.25, -0.2) is 0 Å². The molecular formula is C11H14BF4N3O. The molecule has 0 aromatic heterocycles. The number of diazo groups is 1. The number of benzene rings is 1. The zero-order valence-electron chi connectivity index (χ0n) is 11.1. The monoisotopic (exact) mass is 291 g/mol. The number of carbonyl (C=O) groups excluding carboxylic acids is 1. The number of hydrogen-bond donors (Lipinski definition) is 0. The predicted molar refractivity (Wildman–Crippen MR) is 68.6 cm³/mol. The molecule has 0 spiro atoms. The summed E-state index contributed by atoms with van der Waals surface area (Å²) in [6.45, 7) is 5.13. The SMILES string of the molecule is CCN(CC)C(=O)c1ccccc1[N+]#N.F[B-](F)(F)F. The van der Waals surface area contributed by atoms with E-state index in [-0.39, 0.29) is 5.91 Å². The first kappa shape index (κ1) is 17.9. The van der Waals surface area contributed by atoms with Gasteiger partial charge < -0.3 is 22.2 Å². The summed E-state index contributed by atoms with van der Waals surface area (Å²) in [5, 5.41) is 8.75. The molecule has 20 heavy (non-hydrogen) atoms. The molecule has 0 bridgehead atoms. The maximum Gasteiger partial charge on any atom is 0.673 e. The molecule has 0 atom stereocenters. The highest BCUT2D eigenvalue weighted by Crippen LogP contribution is 2.19. The van der Waals surface area contributed by atoms with E-state index in [1.165, 1.54) is 0 Å². The molecule has 0 aliphatic carbocycles. The molecule has 1 rings (SSSR count). The van der Waals surface area contributed by atoms with E-state index in [9.17, 15) is 22.1 Å². The van der Waals surface area contributed by atoms with Gasteiger partial charge in [0.15, 0.2) is 4.98 Å². The van der Waals surface area contributed by atoms with Gasteiger partial charge in [0.25, 0.3) is 5.91 Å². The van der Waals surface area contributed by atoms with Gasteiger partial charge in [0.1, 0.15) is 5.56 Å². The van der Waals surface area contributed by atoms with Gasteiger partial charge in [0.05, 0.1) is 0 Å². The van der Waals surface area contributed by atoms with Crippen molar-refractivity contribution in [1.82, 2.24) is 4.90 Å². The van der Waals surface area contributed by atoms with Crippen LogP contribution in [0.25, 0.3) is 4.98 Å². The van der Waals surface area contributed by atoms with Crippen molar-refractivity contribution < 1.29 is 22.1 Å². The van der Waals surface area contributed by atoms with Gasteiger partial charge in [0.2, 0.25) is 5.39 Å². The molecule has 0 aliphatic heterocycles. The summed E-state index contributed by atoms with van der Waals surface area (Å²) in [7, 11) is -6.00. The molecule has 0 fully saturated rings. The van der Waals surface area contributed by atoms with Crippen molar-refractivity contribution in [1.29, 1.82) is 5.39 Å². The van der Waals surface area contributed by atoms with Crippen molar-refractivity contribution in [3.05, 3.63) is 34.8 Å². The quantitative estimate of drug-likeness (QED) is 0.481. The predicted octanol–water partition coefficient (Wildman–Crippen LogP) is 3.95. The largest absolute Gasteiger partial charge is 0.673 e. The fourth-order valence-electron chi connectivity index (χ4n) is 1.42. The third kappa shape index (κ3) is 6.73. The molecular weight excluding hydrogens is 277 g/mol. The van der Waals surface area contributed by atoms with Crippen LogP contribution in [0, 0.1) is 5.39 Å². The second kappa shape index (κ2) is 8.14. The number of amides is 1. The second-order valence-electron chi connectivity index (χ2n) is 3.59. The average Bonchev–Trinajstić information content (AvgIpc) is 2.38. The first-order valence-corrected chi connectivity index (χ1v) is 5.85. The van der Waals surface area contributed by atoms with E-state index in [4.69, 9.17) is 5.39 Å². The molecule has 1 aromatic carbocycles. The Bertz CT molecular complexity index is 477.